The quantitative estimate of drug-likeness (QED) is 0.848. The minimum atomic E-state index is -0.313. The fourth-order valence-corrected chi connectivity index (χ4v) is 3.23. The van der Waals surface area contributed by atoms with Gasteiger partial charge in [0.2, 0.25) is 0 Å². The first-order valence-corrected chi connectivity index (χ1v) is 8.67. The molecule has 1 amide bonds. The number of nitrogens with zero attached hydrogens (tertiary/aromatic N) is 1. The molecule has 1 atom stereocenters. The van der Waals surface area contributed by atoms with E-state index in [0.29, 0.717) is 25.3 Å². The van der Waals surface area contributed by atoms with Crippen LogP contribution in [0.3, 0.4) is 0 Å². The molecule has 0 saturated carbocycles. The Bertz CT molecular complexity index is 710. The van der Waals surface area contributed by atoms with Crippen LogP contribution in [0.25, 0.3) is 0 Å². The Hall–Kier alpha value is -2.33. The van der Waals surface area contributed by atoms with Crippen molar-refractivity contribution in [1.29, 1.82) is 0 Å². The van der Waals surface area contributed by atoms with Gasteiger partial charge in [-0.3, -0.25) is 4.79 Å². The first-order chi connectivity index (χ1) is 11.9. The highest BCUT2D eigenvalue weighted by atomic mass is 16.5. The van der Waals surface area contributed by atoms with E-state index >= 15 is 0 Å². The van der Waals surface area contributed by atoms with E-state index in [1.165, 1.54) is 0 Å². The molecule has 1 heterocycles. The van der Waals surface area contributed by atoms with Crippen molar-refractivity contribution in [1.82, 2.24) is 4.90 Å². The average Bonchev–Trinajstić information content (AvgIpc) is 2.59. The third-order valence-corrected chi connectivity index (χ3v) is 4.21. The molecule has 0 N–H and O–H groups in total. The van der Waals surface area contributed by atoms with Gasteiger partial charge in [-0.25, -0.2) is 0 Å². The zero-order valence-electron chi connectivity index (χ0n) is 15.1. The topological polar surface area (TPSA) is 38.8 Å². The lowest BCUT2D eigenvalue weighted by Crippen LogP contribution is -2.53. The standard InChI is InChI=1S/C21H25NO3/c1-16-13-22(15-21(2,3)25-16)20(23)18-9-11-19(12-10-18)24-14-17-7-5-4-6-8-17/h4-12,16H,13-15H2,1-3H3. The van der Waals surface area contributed by atoms with E-state index in [1.54, 1.807) is 0 Å². The molecule has 0 aliphatic carbocycles. The molecular formula is C21H25NO3. The van der Waals surface area contributed by atoms with Gasteiger partial charge in [0.1, 0.15) is 12.4 Å². The van der Waals surface area contributed by atoms with Gasteiger partial charge in [-0.05, 0) is 50.6 Å². The maximum atomic E-state index is 12.8. The number of rotatable bonds is 4. The summed E-state index contributed by atoms with van der Waals surface area (Å²) in [6.07, 6.45) is 0.0428. The lowest BCUT2D eigenvalue weighted by atomic mass is 10.0. The monoisotopic (exact) mass is 339 g/mol. The van der Waals surface area contributed by atoms with E-state index in [9.17, 15) is 4.79 Å². The summed E-state index contributed by atoms with van der Waals surface area (Å²) in [6, 6.07) is 17.4. The molecule has 1 fully saturated rings. The fourth-order valence-electron chi connectivity index (χ4n) is 3.23. The second kappa shape index (κ2) is 7.28. The molecule has 4 heteroatoms. The van der Waals surface area contributed by atoms with Gasteiger partial charge < -0.3 is 14.4 Å². The average molecular weight is 339 g/mol. The highest BCUT2D eigenvalue weighted by Gasteiger charge is 2.33. The highest BCUT2D eigenvalue weighted by Crippen LogP contribution is 2.23. The number of benzene rings is 2. The van der Waals surface area contributed by atoms with E-state index in [2.05, 4.69) is 0 Å². The van der Waals surface area contributed by atoms with Crippen molar-refractivity contribution in [3.8, 4) is 5.75 Å². The van der Waals surface area contributed by atoms with E-state index in [4.69, 9.17) is 9.47 Å². The Kier molecular flexibility index (Phi) is 5.09. The number of ether oxygens (including phenoxy) is 2. The number of morpholine rings is 1. The van der Waals surface area contributed by atoms with Crippen molar-refractivity contribution in [3.63, 3.8) is 0 Å². The molecule has 0 spiro atoms. The van der Waals surface area contributed by atoms with Crippen LogP contribution in [-0.4, -0.2) is 35.6 Å². The number of amides is 1. The van der Waals surface area contributed by atoms with E-state index < -0.39 is 0 Å². The summed E-state index contributed by atoms with van der Waals surface area (Å²) in [5.74, 6) is 0.800. The number of carbonyl (C=O) groups excluding carboxylic acids is 1. The van der Waals surface area contributed by atoms with Crippen molar-refractivity contribution < 1.29 is 14.3 Å². The fraction of sp³-hybridized carbons (Fsp3) is 0.381. The largest absolute Gasteiger partial charge is 0.489 e. The normalized spacial score (nSPS) is 19.5. The third kappa shape index (κ3) is 4.60. The predicted molar refractivity (Wildman–Crippen MR) is 97.7 cm³/mol. The molecule has 2 aromatic carbocycles. The minimum absolute atomic E-state index is 0.0397. The van der Waals surface area contributed by atoms with Gasteiger partial charge in [-0.2, -0.15) is 0 Å². The molecule has 1 saturated heterocycles. The van der Waals surface area contributed by atoms with Crippen LogP contribution >= 0.6 is 0 Å². The van der Waals surface area contributed by atoms with E-state index in [0.717, 1.165) is 11.3 Å². The molecular weight excluding hydrogens is 314 g/mol. The summed E-state index contributed by atoms with van der Waals surface area (Å²) < 4.78 is 11.6. The van der Waals surface area contributed by atoms with Gasteiger partial charge >= 0.3 is 0 Å². The van der Waals surface area contributed by atoms with Crippen molar-refractivity contribution >= 4 is 5.91 Å². The van der Waals surface area contributed by atoms with Gasteiger partial charge in [-0.1, -0.05) is 30.3 Å². The second-order valence-electron chi connectivity index (χ2n) is 7.17. The maximum absolute atomic E-state index is 12.8. The number of hydrogen-bond donors (Lipinski definition) is 0. The van der Waals surface area contributed by atoms with Crippen LogP contribution in [0, 0.1) is 0 Å². The molecule has 132 valence electrons. The van der Waals surface area contributed by atoms with Crippen LogP contribution in [0.5, 0.6) is 5.75 Å². The molecule has 2 aromatic rings. The van der Waals surface area contributed by atoms with Gasteiger partial charge in [0.25, 0.3) is 5.91 Å². The second-order valence-corrected chi connectivity index (χ2v) is 7.17. The summed E-state index contributed by atoms with van der Waals surface area (Å²) in [4.78, 5) is 14.6. The van der Waals surface area contributed by atoms with Gasteiger partial charge in [0, 0.05) is 18.7 Å². The molecule has 3 rings (SSSR count). The van der Waals surface area contributed by atoms with Crippen LogP contribution in [0.15, 0.2) is 54.6 Å². The Morgan fingerprint density at radius 1 is 1.16 bits per heavy atom. The van der Waals surface area contributed by atoms with Gasteiger partial charge in [0.05, 0.1) is 11.7 Å². The minimum Gasteiger partial charge on any atom is -0.489 e. The lowest BCUT2D eigenvalue weighted by molar-refractivity contribution is -0.118. The smallest absolute Gasteiger partial charge is 0.254 e. The summed E-state index contributed by atoms with van der Waals surface area (Å²) in [6.45, 7) is 7.77. The summed E-state index contributed by atoms with van der Waals surface area (Å²) >= 11 is 0. The highest BCUT2D eigenvalue weighted by molar-refractivity contribution is 5.94. The summed E-state index contributed by atoms with van der Waals surface area (Å²) in [5, 5.41) is 0. The lowest BCUT2D eigenvalue weighted by Gasteiger charge is -2.41. The van der Waals surface area contributed by atoms with Crippen molar-refractivity contribution in [2.24, 2.45) is 0 Å². The number of hydrogen-bond acceptors (Lipinski definition) is 3. The van der Waals surface area contributed by atoms with Crippen LogP contribution < -0.4 is 4.74 Å². The Morgan fingerprint density at radius 2 is 1.84 bits per heavy atom. The predicted octanol–water partition coefficient (Wildman–Crippen LogP) is 3.91. The van der Waals surface area contributed by atoms with Crippen molar-refractivity contribution in [2.45, 2.75) is 39.1 Å². The molecule has 1 unspecified atom stereocenters. The number of carbonyl (C=O) groups is 1. The molecule has 1 aliphatic rings. The first kappa shape index (κ1) is 17.5. The van der Waals surface area contributed by atoms with Crippen LogP contribution in [0.4, 0.5) is 0 Å². The van der Waals surface area contributed by atoms with Gasteiger partial charge in [-0.15, -0.1) is 0 Å². The zero-order chi connectivity index (χ0) is 17.9. The molecule has 25 heavy (non-hydrogen) atoms. The van der Waals surface area contributed by atoms with Crippen LogP contribution in [0.1, 0.15) is 36.7 Å². The SMILES string of the molecule is CC1CN(C(=O)c2ccc(OCc3ccccc3)cc2)CC(C)(C)O1. The Balaban J connectivity index is 1.62. The van der Waals surface area contributed by atoms with Crippen LogP contribution in [-0.2, 0) is 11.3 Å². The van der Waals surface area contributed by atoms with E-state index in [-0.39, 0.29) is 17.6 Å². The molecule has 0 radical (unpaired) electrons. The van der Waals surface area contributed by atoms with Gasteiger partial charge in [0.15, 0.2) is 0 Å². The van der Waals surface area contributed by atoms with Crippen LogP contribution in [0.2, 0.25) is 0 Å². The van der Waals surface area contributed by atoms with Crippen molar-refractivity contribution in [2.75, 3.05) is 13.1 Å². The first-order valence-electron chi connectivity index (χ1n) is 8.67. The molecule has 0 bridgehead atoms. The molecule has 1 aliphatic heterocycles. The Labute approximate surface area is 149 Å². The van der Waals surface area contributed by atoms with Crippen molar-refractivity contribution in [3.05, 3.63) is 65.7 Å². The molecule has 4 nitrogen and oxygen atoms in total. The third-order valence-electron chi connectivity index (χ3n) is 4.21. The van der Waals surface area contributed by atoms with E-state index in [1.807, 2.05) is 80.3 Å². The maximum Gasteiger partial charge on any atom is 0.254 e. The summed E-state index contributed by atoms with van der Waals surface area (Å²) in [7, 11) is 0. The summed E-state index contributed by atoms with van der Waals surface area (Å²) in [5.41, 5.74) is 1.48. The zero-order valence-corrected chi connectivity index (χ0v) is 15.1. The Morgan fingerprint density at radius 3 is 2.48 bits per heavy atom. The molecule has 0 aromatic heterocycles.